The zero-order valence-electron chi connectivity index (χ0n) is 18.1. The highest BCUT2D eigenvalue weighted by Crippen LogP contribution is 2.28. The van der Waals surface area contributed by atoms with Crippen molar-refractivity contribution in [3.05, 3.63) is 86.0 Å². The number of halogens is 1. The van der Waals surface area contributed by atoms with Crippen LogP contribution in [0.3, 0.4) is 0 Å². The molecule has 2 aromatic heterocycles. The second-order valence-electron chi connectivity index (χ2n) is 7.62. The van der Waals surface area contributed by atoms with Crippen molar-refractivity contribution in [3.8, 4) is 11.3 Å². The number of thiazole rings is 1. The number of imidazole rings is 1. The molecule has 0 saturated carbocycles. The maximum absolute atomic E-state index is 12.5. The fourth-order valence-corrected chi connectivity index (χ4v) is 4.56. The Morgan fingerprint density at radius 3 is 2.56 bits per heavy atom. The molecule has 1 N–H and O–H groups in total. The molecule has 0 aliphatic carbocycles. The van der Waals surface area contributed by atoms with Gasteiger partial charge >= 0.3 is 0 Å². The highest BCUT2D eigenvalue weighted by Gasteiger charge is 2.16. The summed E-state index contributed by atoms with van der Waals surface area (Å²) in [5, 5.41) is 15.6. The number of amides is 2. The van der Waals surface area contributed by atoms with E-state index < -0.39 is 4.92 Å². The molecule has 0 bridgehead atoms. The molecule has 0 atom stereocenters. The topological polar surface area (TPSA) is 110 Å². The summed E-state index contributed by atoms with van der Waals surface area (Å²) in [6, 6.07) is 13.8. The van der Waals surface area contributed by atoms with Crippen molar-refractivity contribution in [2.45, 2.75) is 13.0 Å². The first-order chi connectivity index (χ1) is 16.3. The van der Waals surface area contributed by atoms with Gasteiger partial charge in [0, 0.05) is 29.0 Å². The van der Waals surface area contributed by atoms with Gasteiger partial charge in [0.25, 0.3) is 5.69 Å². The predicted molar refractivity (Wildman–Crippen MR) is 132 cm³/mol. The number of nitro groups is 1. The minimum absolute atomic E-state index is 0.0353. The molecule has 4 rings (SSSR count). The van der Waals surface area contributed by atoms with Crippen LogP contribution < -0.4 is 5.32 Å². The fourth-order valence-electron chi connectivity index (χ4n) is 3.41. The molecule has 0 unspecified atom stereocenters. The maximum atomic E-state index is 12.5. The number of fused-ring (bicyclic) bond motifs is 1. The average molecular weight is 542 g/mol. The third kappa shape index (κ3) is 5.32. The first-order valence-corrected chi connectivity index (χ1v) is 11.9. The van der Waals surface area contributed by atoms with Gasteiger partial charge in [0.2, 0.25) is 11.8 Å². The van der Waals surface area contributed by atoms with E-state index >= 15 is 0 Å². The second kappa shape index (κ2) is 10.1. The number of rotatable bonds is 8. The fraction of sp³-hybridized carbons (Fsp3) is 0.174. The first-order valence-electron chi connectivity index (χ1n) is 10.3. The molecule has 0 aliphatic rings. The van der Waals surface area contributed by atoms with Crippen molar-refractivity contribution in [2.24, 2.45) is 0 Å². The number of aromatic nitrogens is 2. The number of nitrogens with one attached hydrogen (secondary N) is 1. The van der Waals surface area contributed by atoms with Crippen LogP contribution in [-0.2, 0) is 22.6 Å². The number of hydrogen-bond acceptors (Lipinski definition) is 6. The summed E-state index contributed by atoms with van der Waals surface area (Å²) >= 11 is 4.97. The van der Waals surface area contributed by atoms with Crippen molar-refractivity contribution in [1.82, 2.24) is 19.6 Å². The van der Waals surface area contributed by atoms with Crippen LogP contribution in [0.1, 0.15) is 11.3 Å². The Bertz CT molecular complexity index is 1350. The summed E-state index contributed by atoms with van der Waals surface area (Å²) in [5.41, 5.74) is 3.47. The van der Waals surface area contributed by atoms with E-state index in [9.17, 15) is 19.7 Å². The van der Waals surface area contributed by atoms with E-state index in [-0.39, 0.29) is 37.0 Å². The summed E-state index contributed by atoms with van der Waals surface area (Å²) in [5.74, 6) is -0.555. The highest BCUT2D eigenvalue weighted by molar-refractivity contribution is 9.10. The molecule has 2 amide bonds. The second-order valence-corrected chi connectivity index (χ2v) is 9.37. The first kappa shape index (κ1) is 23.6. The lowest BCUT2D eigenvalue weighted by Gasteiger charge is -2.17. The van der Waals surface area contributed by atoms with Gasteiger partial charge in [-0.2, -0.15) is 0 Å². The molecule has 2 heterocycles. The molecule has 0 fully saturated rings. The molecular formula is C23H20BrN5O4S. The minimum Gasteiger partial charge on any atom is -0.349 e. The quantitative estimate of drug-likeness (QED) is 0.267. The molecule has 174 valence electrons. The number of benzene rings is 2. The molecule has 11 heteroatoms. The van der Waals surface area contributed by atoms with Crippen molar-refractivity contribution in [1.29, 1.82) is 0 Å². The third-order valence-electron chi connectivity index (χ3n) is 5.24. The summed E-state index contributed by atoms with van der Waals surface area (Å²) in [6.07, 6.45) is 1.79. The minimum atomic E-state index is -0.492. The standard InChI is InChI=1S/C23H20BrN5O4S/c1-27(22(31)10-15-2-8-18(9-3-15)29(32)33)13-21(30)25-11-19-12-26-23-28(19)20(14-34-23)16-4-6-17(24)7-5-16/h2-9,12,14H,10-11,13H2,1H3,(H,25,30). The largest absolute Gasteiger partial charge is 0.349 e. The molecule has 2 aromatic carbocycles. The van der Waals surface area contributed by atoms with Gasteiger partial charge in [-0.1, -0.05) is 40.2 Å². The van der Waals surface area contributed by atoms with E-state index in [1.807, 2.05) is 34.0 Å². The SMILES string of the molecule is CN(CC(=O)NCc1cnc2scc(-c3ccc(Br)cc3)n12)C(=O)Cc1ccc([N+](=O)[O-])cc1. The van der Waals surface area contributed by atoms with Crippen LogP contribution in [0.15, 0.2) is 64.6 Å². The van der Waals surface area contributed by atoms with Crippen molar-refractivity contribution >= 4 is 49.7 Å². The Hall–Kier alpha value is -3.57. The molecule has 0 aliphatic heterocycles. The van der Waals surface area contributed by atoms with E-state index in [1.165, 1.54) is 28.4 Å². The molecule has 34 heavy (non-hydrogen) atoms. The van der Waals surface area contributed by atoms with Crippen molar-refractivity contribution in [3.63, 3.8) is 0 Å². The zero-order chi connectivity index (χ0) is 24.2. The van der Waals surface area contributed by atoms with Gasteiger partial charge in [-0.3, -0.25) is 24.1 Å². The maximum Gasteiger partial charge on any atom is 0.269 e. The number of likely N-dealkylation sites (N-methyl/N-ethyl adjacent to an activating group) is 1. The van der Waals surface area contributed by atoms with E-state index in [2.05, 4.69) is 26.2 Å². The molecule has 0 spiro atoms. The monoisotopic (exact) mass is 541 g/mol. The molecule has 0 saturated heterocycles. The molecule has 0 radical (unpaired) electrons. The lowest BCUT2D eigenvalue weighted by Crippen LogP contribution is -2.38. The highest BCUT2D eigenvalue weighted by atomic mass is 79.9. The Kier molecular flexibility index (Phi) is 7.03. The lowest BCUT2D eigenvalue weighted by atomic mass is 10.1. The van der Waals surface area contributed by atoms with E-state index in [4.69, 9.17) is 0 Å². The van der Waals surface area contributed by atoms with Gasteiger partial charge in [0.05, 0.1) is 42.0 Å². The Morgan fingerprint density at radius 1 is 1.18 bits per heavy atom. The van der Waals surface area contributed by atoms with Crippen LogP contribution in [0.2, 0.25) is 0 Å². The van der Waals surface area contributed by atoms with Crippen LogP contribution in [0.25, 0.3) is 16.2 Å². The lowest BCUT2D eigenvalue weighted by molar-refractivity contribution is -0.384. The summed E-state index contributed by atoms with van der Waals surface area (Å²) < 4.78 is 3.01. The van der Waals surface area contributed by atoms with Gasteiger partial charge in [0.15, 0.2) is 4.96 Å². The van der Waals surface area contributed by atoms with Gasteiger partial charge in [0.1, 0.15) is 0 Å². The number of nitrogens with zero attached hydrogens (tertiary/aromatic N) is 4. The van der Waals surface area contributed by atoms with Crippen molar-refractivity contribution in [2.75, 3.05) is 13.6 Å². The third-order valence-corrected chi connectivity index (χ3v) is 6.60. The summed E-state index contributed by atoms with van der Waals surface area (Å²) in [6.45, 7) is 0.168. The van der Waals surface area contributed by atoms with Crippen LogP contribution >= 0.6 is 27.3 Å². The van der Waals surface area contributed by atoms with Crippen LogP contribution in [-0.4, -0.2) is 44.6 Å². The molecule has 9 nitrogen and oxygen atoms in total. The van der Waals surface area contributed by atoms with E-state index in [0.29, 0.717) is 5.56 Å². The smallest absolute Gasteiger partial charge is 0.269 e. The molecule has 4 aromatic rings. The normalized spacial score (nSPS) is 10.9. The van der Waals surface area contributed by atoms with Crippen LogP contribution in [0.4, 0.5) is 5.69 Å². The Morgan fingerprint density at radius 2 is 1.88 bits per heavy atom. The van der Waals surface area contributed by atoms with Gasteiger partial charge in [-0.15, -0.1) is 11.3 Å². The number of hydrogen-bond donors (Lipinski definition) is 1. The van der Waals surface area contributed by atoms with E-state index in [0.717, 1.165) is 26.4 Å². The van der Waals surface area contributed by atoms with Crippen LogP contribution in [0, 0.1) is 10.1 Å². The van der Waals surface area contributed by atoms with Gasteiger partial charge in [-0.05, 0) is 23.3 Å². The predicted octanol–water partition coefficient (Wildman–Crippen LogP) is 4.05. The summed E-state index contributed by atoms with van der Waals surface area (Å²) in [7, 11) is 1.55. The average Bonchev–Trinajstić information content (AvgIpc) is 3.41. The number of nitro benzene ring substituents is 1. The van der Waals surface area contributed by atoms with E-state index in [1.54, 1.807) is 25.4 Å². The number of non-ortho nitro benzene ring substituents is 1. The number of carbonyl (C=O) groups is 2. The van der Waals surface area contributed by atoms with Crippen molar-refractivity contribution < 1.29 is 14.5 Å². The van der Waals surface area contributed by atoms with Crippen LogP contribution in [0.5, 0.6) is 0 Å². The van der Waals surface area contributed by atoms with Gasteiger partial charge < -0.3 is 10.2 Å². The number of carbonyl (C=O) groups excluding carboxylic acids is 2. The zero-order valence-corrected chi connectivity index (χ0v) is 20.5. The van der Waals surface area contributed by atoms with Gasteiger partial charge in [-0.25, -0.2) is 4.98 Å². The Balaban J connectivity index is 1.35. The Labute approximate surface area is 207 Å². The molecular weight excluding hydrogens is 522 g/mol. The summed E-state index contributed by atoms with van der Waals surface area (Å²) in [4.78, 5) is 41.8.